The molecule has 5 rings (SSSR count). The van der Waals surface area contributed by atoms with Gasteiger partial charge in [-0.3, -0.25) is 0 Å². The number of para-hydroxylation sites is 1. The molecule has 0 spiro atoms. The van der Waals surface area contributed by atoms with Gasteiger partial charge in [0.2, 0.25) is 0 Å². The first-order valence-corrected chi connectivity index (χ1v) is 8.81. The Labute approximate surface area is 126 Å². The van der Waals surface area contributed by atoms with Crippen molar-refractivity contribution in [3.05, 3.63) is 35.5 Å². The van der Waals surface area contributed by atoms with Crippen LogP contribution >= 0.6 is 0 Å². The number of piperidine rings is 1. The molecule has 2 atom stereocenters. The number of fused-ring (bicyclic) bond motifs is 5. The molecule has 2 heteroatoms. The normalized spacial score (nSPS) is 31.9. The van der Waals surface area contributed by atoms with E-state index >= 15 is 0 Å². The molecule has 2 aromatic rings. The maximum Gasteiger partial charge on any atom is 0.130 e. The third kappa shape index (κ3) is 1.81. The van der Waals surface area contributed by atoms with Gasteiger partial charge in [-0.1, -0.05) is 18.2 Å². The topological polar surface area (TPSA) is 15.8 Å². The van der Waals surface area contributed by atoms with Crippen molar-refractivity contribution in [1.82, 2.24) is 4.98 Å². The standard InChI is InChI=1S/C19H25N2/c1-2-6-17-15(5-1)16-10-12-21(13-14-8-9-14)11-4-3-7-18(21)19(16)20-17/h1-2,5-6,14,18,20H,3-4,7-13H2/q+1. The van der Waals surface area contributed by atoms with E-state index in [1.54, 1.807) is 11.3 Å². The lowest BCUT2D eigenvalue weighted by atomic mass is 9.87. The Morgan fingerprint density at radius 2 is 1.95 bits per heavy atom. The molecule has 0 bridgehead atoms. The minimum Gasteiger partial charge on any atom is -0.353 e. The summed E-state index contributed by atoms with van der Waals surface area (Å²) in [7, 11) is 0. The molecule has 1 N–H and O–H groups in total. The van der Waals surface area contributed by atoms with E-state index in [1.165, 1.54) is 73.5 Å². The molecule has 3 aliphatic rings. The number of hydrogen-bond acceptors (Lipinski definition) is 0. The van der Waals surface area contributed by atoms with E-state index in [1.807, 2.05) is 0 Å². The van der Waals surface area contributed by atoms with Crippen molar-refractivity contribution in [3.63, 3.8) is 0 Å². The lowest BCUT2D eigenvalue weighted by Gasteiger charge is -2.50. The van der Waals surface area contributed by atoms with Gasteiger partial charge in [-0.2, -0.15) is 0 Å². The van der Waals surface area contributed by atoms with Gasteiger partial charge in [-0.25, -0.2) is 0 Å². The molecule has 2 nitrogen and oxygen atoms in total. The van der Waals surface area contributed by atoms with Gasteiger partial charge in [0, 0.05) is 29.7 Å². The highest BCUT2D eigenvalue weighted by atomic mass is 15.4. The third-order valence-electron chi connectivity index (χ3n) is 6.30. The zero-order valence-electron chi connectivity index (χ0n) is 12.8. The third-order valence-corrected chi connectivity index (χ3v) is 6.30. The van der Waals surface area contributed by atoms with Gasteiger partial charge in [-0.15, -0.1) is 0 Å². The average Bonchev–Trinajstić information content (AvgIpc) is 3.24. The van der Waals surface area contributed by atoms with Gasteiger partial charge in [0.15, 0.2) is 0 Å². The van der Waals surface area contributed by atoms with Crippen molar-refractivity contribution >= 4 is 10.9 Å². The molecule has 1 aliphatic carbocycles. The maximum atomic E-state index is 3.82. The van der Waals surface area contributed by atoms with Crippen LogP contribution in [0.4, 0.5) is 0 Å². The van der Waals surface area contributed by atoms with Crippen LogP contribution in [0.3, 0.4) is 0 Å². The van der Waals surface area contributed by atoms with Gasteiger partial charge >= 0.3 is 0 Å². The second-order valence-corrected chi connectivity index (χ2v) is 7.62. The zero-order valence-corrected chi connectivity index (χ0v) is 12.8. The fourth-order valence-electron chi connectivity index (χ4n) is 5.11. The quantitative estimate of drug-likeness (QED) is 0.795. The van der Waals surface area contributed by atoms with Crippen LogP contribution in [0.5, 0.6) is 0 Å². The van der Waals surface area contributed by atoms with E-state index in [0.717, 1.165) is 12.0 Å². The first-order valence-electron chi connectivity index (χ1n) is 8.81. The highest BCUT2D eigenvalue weighted by Gasteiger charge is 2.47. The number of H-pyrrole nitrogens is 1. The van der Waals surface area contributed by atoms with Crippen LogP contribution in [0, 0.1) is 5.92 Å². The number of benzene rings is 1. The Balaban J connectivity index is 1.63. The lowest BCUT2D eigenvalue weighted by Crippen LogP contribution is -2.57. The average molecular weight is 281 g/mol. The van der Waals surface area contributed by atoms with E-state index < -0.39 is 0 Å². The van der Waals surface area contributed by atoms with Crippen molar-refractivity contribution in [2.75, 3.05) is 19.6 Å². The van der Waals surface area contributed by atoms with E-state index in [-0.39, 0.29) is 0 Å². The largest absolute Gasteiger partial charge is 0.353 e. The van der Waals surface area contributed by atoms with Crippen LogP contribution in [0.2, 0.25) is 0 Å². The van der Waals surface area contributed by atoms with Crippen LogP contribution in [0.1, 0.15) is 49.4 Å². The summed E-state index contributed by atoms with van der Waals surface area (Å²) < 4.78 is 1.41. The van der Waals surface area contributed by atoms with Crippen molar-refractivity contribution in [2.45, 2.75) is 44.6 Å². The minimum atomic E-state index is 0.760. The molecule has 110 valence electrons. The summed E-state index contributed by atoms with van der Waals surface area (Å²) in [6.45, 7) is 4.27. The van der Waals surface area contributed by atoms with Gasteiger partial charge in [0.1, 0.15) is 6.04 Å². The Bertz CT molecular complexity index is 682. The predicted octanol–water partition coefficient (Wildman–Crippen LogP) is 4.18. The van der Waals surface area contributed by atoms with E-state index in [9.17, 15) is 0 Å². The molecule has 1 aromatic heterocycles. The second-order valence-electron chi connectivity index (χ2n) is 7.62. The summed E-state index contributed by atoms with van der Waals surface area (Å²) in [4.78, 5) is 3.82. The smallest absolute Gasteiger partial charge is 0.130 e. The lowest BCUT2D eigenvalue weighted by molar-refractivity contribution is -0.965. The minimum absolute atomic E-state index is 0.760. The van der Waals surface area contributed by atoms with Crippen molar-refractivity contribution in [3.8, 4) is 0 Å². The van der Waals surface area contributed by atoms with Crippen LogP contribution in [0.25, 0.3) is 10.9 Å². The summed E-state index contributed by atoms with van der Waals surface area (Å²) >= 11 is 0. The van der Waals surface area contributed by atoms with E-state index in [0.29, 0.717) is 0 Å². The number of aromatic amines is 1. The van der Waals surface area contributed by atoms with Gasteiger partial charge in [0.25, 0.3) is 0 Å². The predicted molar refractivity (Wildman–Crippen MR) is 86.2 cm³/mol. The molecular weight excluding hydrogens is 256 g/mol. The first-order chi connectivity index (χ1) is 10.4. The number of nitrogens with zero attached hydrogens (tertiary/aromatic N) is 1. The molecule has 0 amide bonds. The molecule has 21 heavy (non-hydrogen) atoms. The van der Waals surface area contributed by atoms with Crippen molar-refractivity contribution in [1.29, 1.82) is 0 Å². The summed E-state index contributed by atoms with van der Waals surface area (Å²) in [5.74, 6) is 1.04. The Morgan fingerprint density at radius 3 is 2.86 bits per heavy atom. The summed E-state index contributed by atoms with van der Waals surface area (Å²) in [6, 6.07) is 9.69. The molecule has 2 unspecified atom stereocenters. The molecule has 2 aliphatic heterocycles. The first kappa shape index (κ1) is 12.3. The summed E-state index contributed by atoms with van der Waals surface area (Å²) in [5, 5.41) is 1.49. The van der Waals surface area contributed by atoms with Gasteiger partial charge in [-0.05, 0) is 37.3 Å². The highest BCUT2D eigenvalue weighted by Crippen LogP contribution is 2.47. The van der Waals surface area contributed by atoms with Crippen molar-refractivity contribution < 1.29 is 4.48 Å². The molecule has 0 radical (unpaired) electrons. The molecule has 2 fully saturated rings. The van der Waals surface area contributed by atoms with Crippen LogP contribution in [0.15, 0.2) is 24.3 Å². The van der Waals surface area contributed by atoms with E-state index in [2.05, 4.69) is 29.2 Å². The van der Waals surface area contributed by atoms with Crippen LogP contribution in [-0.2, 0) is 6.42 Å². The molecular formula is C19H25N2+. The highest BCUT2D eigenvalue weighted by molar-refractivity contribution is 5.85. The fraction of sp³-hybridized carbons (Fsp3) is 0.579. The van der Waals surface area contributed by atoms with E-state index in [4.69, 9.17) is 0 Å². The monoisotopic (exact) mass is 281 g/mol. The molecule has 1 aromatic carbocycles. The zero-order chi connectivity index (χ0) is 13.9. The fourth-order valence-corrected chi connectivity index (χ4v) is 5.11. The maximum absolute atomic E-state index is 3.82. The van der Waals surface area contributed by atoms with Crippen LogP contribution in [-0.4, -0.2) is 29.1 Å². The number of rotatable bonds is 2. The number of hydrogen-bond donors (Lipinski definition) is 1. The van der Waals surface area contributed by atoms with Gasteiger partial charge in [0.05, 0.1) is 25.3 Å². The summed E-state index contributed by atoms with van der Waals surface area (Å²) in [5.41, 5.74) is 4.60. The molecule has 1 saturated heterocycles. The van der Waals surface area contributed by atoms with Gasteiger partial charge < -0.3 is 9.47 Å². The van der Waals surface area contributed by atoms with Crippen LogP contribution < -0.4 is 0 Å². The number of aromatic nitrogens is 1. The summed E-state index contributed by atoms with van der Waals surface area (Å²) in [6.07, 6.45) is 8.52. The van der Waals surface area contributed by atoms with Crippen molar-refractivity contribution in [2.24, 2.45) is 5.92 Å². The number of nitrogens with one attached hydrogen (secondary N) is 1. The number of quaternary nitrogens is 1. The Kier molecular flexibility index (Phi) is 2.55. The second kappa shape index (κ2) is 4.36. The Hall–Kier alpha value is -1.28. The Morgan fingerprint density at radius 1 is 1.05 bits per heavy atom. The molecule has 1 saturated carbocycles. The SMILES string of the molecule is c1ccc2c3c([nH]c2c1)C1CCCC[N+]1(CC1CC1)CC3. The molecule has 3 heterocycles.